The summed E-state index contributed by atoms with van der Waals surface area (Å²) in [7, 11) is -3.62. The maximum absolute atomic E-state index is 13.0. The van der Waals surface area contributed by atoms with Crippen LogP contribution in [0.1, 0.15) is 17.0 Å². The second-order valence-electron chi connectivity index (χ2n) is 4.14. The van der Waals surface area contributed by atoms with E-state index in [-0.39, 0.29) is 15.7 Å². The number of hydrogen-bond acceptors (Lipinski definition) is 4. The quantitative estimate of drug-likeness (QED) is 0.818. The lowest BCUT2D eigenvalue weighted by atomic mass is 10.2. The fourth-order valence-corrected chi connectivity index (χ4v) is 3.43. The molecule has 0 radical (unpaired) electrons. The molecule has 0 saturated carbocycles. The topological polar surface area (TPSA) is 60.2 Å². The Labute approximate surface area is 115 Å². The summed E-state index contributed by atoms with van der Waals surface area (Å²) < 4.78 is 42.4. The molecular formula is C12H11ClFNO3S. The van der Waals surface area contributed by atoms with E-state index in [2.05, 4.69) is 5.16 Å². The van der Waals surface area contributed by atoms with E-state index in [9.17, 15) is 12.8 Å². The van der Waals surface area contributed by atoms with Crippen LogP contribution in [-0.2, 0) is 15.6 Å². The summed E-state index contributed by atoms with van der Waals surface area (Å²) in [6, 6.07) is 3.32. The molecule has 1 heterocycles. The fourth-order valence-electron chi connectivity index (χ4n) is 1.65. The van der Waals surface area contributed by atoms with Crippen LogP contribution in [-0.4, -0.2) is 13.6 Å². The third-order valence-electron chi connectivity index (χ3n) is 2.77. The first-order chi connectivity index (χ1) is 8.81. The summed E-state index contributed by atoms with van der Waals surface area (Å²) in [6.07, 6.45) is 0. The van der Waals surface area contributed by atoms with Crippen molar-refractivity contribution < 1.29 is 17.3 Å². The first-order valence-corrected chi connectivity index (χ1v) is 7.44. The van der Waals surface area contributed by atoms with E-state index >= 15 is 0 Å². The van der Waals surface area contributed by atoms with Crippen LogP contribution in [0.3, 0.4) is 0 Å². The van der Waals surface area contributed by atoms with Gasteiger partial charge in [0.05, 0.1) is 21.4 Å². The third-order valence-corrected chi connectivity index (χ3v) is 4.70. The van der Waals surface area contributed by atoms with Crippen LogP contribution in [0.2, 0.25) is 5.02 Å². The highest BCUT2D eigenvalue weighted by Crippen LogP contribution is 2.24. The molecule has 0 bridgehead atoms. The molecule has 4 nitrogen and oxygen atoms in total. The molecule has 102 valence electrons. The molecule has 2 aromatic rings. The van der Waals surface area contributed by atoms with Gasteiger partial charge in [-0.25, -0.2) is 12.8 Å². The molecule has 0 aliphatic rings. The van der Waals surface area contributed by atoms with E-state index < -0.39 is 15.7 Å². The SMILES string of the molecule is Cc1noc(C)c1CS(=O)(=O)c1ccc(F)c(Cl)c1. The third kappa shape index (κ3) is 2.79. The van der Waals surface area contributed by atoms with E-state index in [1.54, 1.807) is 13.8 Å². The first kappa shape index (κ1) is 14.0. The molecule has 0 aliphatic carbocycles. The van der Waals surface area contributed by atoms with E-state index in [0.717, 1.165) is 12.1 Å². The molecule has 0 spiro atoms. The van der Waals surface area contributed by atoms with Gasteiger partial charge in [-0.1, -0.05) is 16.8 Å². The van der Waals surface area contributed by atoms with E-state index in [1.165, 1.54) is 6.07 Å². The van der Waals surface area contributed by atoms with Crippen molar-refractivity contribution in [2.75, 3.05) is 0 Å². The highest BCUT2D eigenvalue weighted by molar-refractivity contribution is 7.90. The van der Waals surface area contributed by atoms with Gasteiger partial charge in [-0.05, 0) is 32.0 Å². The molecule has 1 aromatic heterocycles. The van der Waals surface area contributed by atoms with Crippen LogP contribution in [0.5, 0.6) is 0 Å². The van der Waals surface area contributed by atoms with Gasteiger partial charge in [0, 0.05) is 5.56 Å². The number of rotatable bonds is 3. The Hall–Kier alpha value is -1.40. The van der Waals surface area contributed by atoms with Crippen LogP contribution in [0, 0.1) is 19.7 Å². The van der Waals surface area contributed by atoms with Crippen LogP contribution < -0.4 is 0 Å². The van der Waals surface area contributed by atoms with Crippen molar-refractivity contribution in [3.05, 3.63) is 46.1 Å². The van der Waals surface area contributed by atoms with Crippen molar-refractivity contribution in [1.29, 1.82) is 0 Å². The largest absolute Gasteiger partial charge is 0.361 e. The molecule has 19 heavy (non-hydrogen) atoms. The van der Waals surface area contributed by atoms with Crippen LogP contribution in [0.4, 0.5) is 4.39 Å². The average molecular weight is 304 g/mol. The van der Waals surface area contributed by atoms with Gasteiger partial charge in [-0.15, -0.1) is 0 Å². The Kier molecular flexibility index (Phi) is 3.64. The van der Waals surface area contributed by atoms with Crippen molar-refractivity contribution in [3.63, 3.8) is 0 Å². The molecule has 0 aliphatic heterocycles. The van der Waals surface area contributed by atoms with Crippen molar-refractivity contribution in [2.45, 2.75) is 24.5 Å². The minimum absolute atomic E-state index is 0.0288. The number of sulfone groups is 1. The van der Waals surface area contributed by atoms with Crippen LogP contribution in [0.25, 0.3) is 0 Å². The Bertz CT molecular complexity index is 705. The molecule has 0 amide bonds. The molecule has 0 N–H and O–H groups in total. The Morgan fingerprint density at radius 3 is 2.58 bits per heavy atom. The summed E-state index contributed by atoms with van der Waals surface area (Å²) in [6.45, 7) is 3.31. The first-order valence-electron chi connectivity index (χ1n) is 5.41. The summed E-state index contributed by atoms with van der Waals surface area (Å²) in [4.78, 5) is -0.0288. The van der Waals surface area contributed by atoms with Gasteiger partial charge in [0.25, 0.3) is 0 Å². The summed E-state index contributed by atoms with van der Waals surface area (Å²) in [5.41, 5.74) is 1.04. The lowest BCUT2D eigenvalue weighted by Crippen LogP contribution is -2.06. The summed E-state index contributed by atoms with van der Waals surface area (Å²) in [5.74, 6) is -0.455. The molecule has 0 atom stereocenters. The summed E-state index contributed by atoms with van der Waals surface area (Å²) >= 11 is 5.59. The molecule has 0 saturated heterocycles. The number of nitrogens with zero attached hydrogens (tertiary/aromatic N) is 1. The molecular weight excluding hydrogens is 293 g/mol. The number of halogens is 2. The second-order valence-corrected chi connectivity index (χ2v) is 6.53. The predicted octanol–water partition coefficient (Wildman–Crippen LogP) is 3.06. The standard InChI is InChI=1S/C12H11ClFNO3S/c1-7-10(8(2)18-15-7)6-19(16,17)9-3-4-12(14)11(13)5-9/h3-5H,6H2,1-2H3. The normalized spacial score (nSPS) is 11.8. The van der Waals surface area contributed by atoms with Crippen molar-refractivity contribution in [2.24, 2.45) is 0 Å². The number of hydrogen-bond donors (Lipinski definition) is 0. The Morgan fingerprint density at radius 2 is 2.05 bits per heavy atom. The zero-order valence-corrected chi connectivity index (χ0v) is 11.8. The van der Waals surface area contributed by atoms with Crippen molar-refractivity contribution in [1.82, 2.24) is 5.16 Å². The van der Waals surface area contributed by atoms with Gasteiger partial charge in [-0.2, -0.15) is 0 Å². The maximum atomic E-state index is 13.0. The predicted molar refractivity (Wildman–Crippen MR) is 68.3 cm³/mol. The molecule has 0 unspecified atom stereocenters. The number of aromatic nitrogens is 1. The highest BCUT2D eigenvalue weighted by Gasteiger charge is 2.21. The minimum atomic E-state index is -3.62. The molecule has 1 aromatic carbocycles. The zero-order valence-electron chi connectivity index (χ0n) is 10.3. The Balaban J connectivity index is 2.41. The molecule has 2 rings (SSSR count). The van der Waals surface area contributed by atoms with E-state index in [1.807, 2.05) is 0 Å². The average Bonchev–Trinajstić information content (AvgIpc) is 2.64. The maximum Gasteiger partial charge on any atom is 0.182 e. The van der Waals surface area contributed by atoms with Crippen LogP contribution in [0.15, 0.2) is 27.6 Å². The highest BCUT2D eigenvalue weighted by atomic mass is 35.5. The van der Waals surface area contributed by atoms with Gasteiger partial charge in [0.2, 0.25) is 0 Å². The zero-order chi connectivity index (χ0) is 14.2. The molecule has 0 fully saturated rings. The lowest BCUT2D eigenvalue weighted by molar-refractivity contribution is 0.392. The smallest absolute Gasteiger partial charge is 0.182 e. The van der Waals surface area contributed by atoms with E-state index in [0.29, 0.717) is 17.0 Å². The molecule has 7 heteroatoms. The Morgan fingerprint density at radius 1 is 1.37 bits per heavy atom. The van der Waals surface area contributed by atoms with Gasteiger partial charge in [-0.3, -0.25) is 0 Å². The van der Waals surface area contributed by atoms with E-state index in [4.69, 9.17) is 16.1 Å². The van der Waals surface area contributed by atoms with Gasteiger partial charge in [0.1, 0.15) is 11.6 Å². The van der Waals surface area contributed by atoms with Gasteiger partial charge in [0.15, 0.2) is 9.84 Å². The van der Waals surface area contributed by atoms with Crippen LogP contribution >= 0.6 is 11.6 Å². The van der Waals surface area contributed by atoms with Gasteiger partial charge < -0.3 is 4.52 Å². The monoisotopic (exact) mass is 303 g/mol. The lowest BCUT2D eigenvalue weighted by Gasteiger charge is -2.05. The number of aryl methyl sites for hydroxylation is 2. The van der Waals surface area contributed by atoms with Crippen molar-refractivity contribution in [3.8, 4) is 0 Å². The van der Waals surface area contributed by atoms with Gasteiger partial charge >= 0.3 is 0 Å². The van der Waals surface area contributed by atoms with Crippen molar-refractivity contribution >= 4 is 21.4 Å². The summed E-state index contributed by atoms with van der Waals surface area (Å²) in [5, 5.41) is 3.48. The minimum Gasteiger partial charge on any atom is -0.361 e. The number of benzene rings is 1. The second kappa shape index (κ2) is 4.94. The fraction of sp³-hybridized carbons (Fsp3) is 0.250.